The third-order valence-corrected chi connectivity index (χ3v) is 4.71. The van der Waals surface area contributed by atoms with Crippen molar-refractivity contribution >= 4 is 5.91 Å². The van der Waals surface area contributed by atoms with E-state index in [1.54, 1.807) is 41.6 Å². The summed E-state index contributed by atoms with van der Waals surface area (Å²) in [6.45, 7) is 1.24. The van der Waals surface area contributed by atoms with Crippen molar-refractivity contribution in [2.24, 2.45) is 0 Å². The van der Waals surface area contributed by atoms with Crippen molar-refractivity contribution in [1.82, 2.24) is 20.1 Å². The van der Waals surface area contributed by atoms with Gasteiger partial charge in [-0.25, -0.2) is 9.37 Å². The Morgan fingerprint density at radius 3 is 2.89 bits per heavy atom. The van der Waals surface area contributed by atoms with E-state index in [0.717, 1.165) is 24.2 Å². The fraction of sp³-hybridized carbons (Fsp3) is 0.300. The molecule has 0 bridgehead atoms. The third kappa shape index (κ3) is 4.02. The van der Waals surface area contributed by atoms with E-state index in [1.807, 2.05) is 0 Å². The van der Waals surface area contributed by atoms with Gasteiger partial charge >= 0.3 is 0 Å². The van der Waals surface area contributed by atoms with Crippen LogP contribution in [0.15, 0.2) is 53.2 Å². The molecule has 27 heavy (non-hydrogen) atoms. The Morgan fingerprint density at radius 1 is 1.26 bits per heavy atom. The Bertz CT molecular complexity index is 911. The van der Waals surface area contributed by atoms with E-state index in [9.17, 15) is 9.18 Å². The number of hydrogen-bond acceptors (Lipinski definition) is 5. The van der Waals surface area contributed by atoms with Crippen LogP contribution in [0.4, 0.5) is 4.39 Å². The smallest absolute Gasteiger partial charge is 0.274 e. The summed E-state index contributed by atoms with van der Waals surface area (Å²) < 4.78 is 18.9. The molecule has 1 fully saturated rings. The zero-order valence-electron chi connectivity index (χ0n) is 14.7. The predicted molar refractivity (Wildman–Crippen MR) is 95.6 cm³/mol. The molecule has 0 N–H and O–H groups in total. The first kappa shape index (κ1) is 17.3. The fourth-order valence-electron chi connectivity index (χ4n) is 3.34. The van der Waals surface area contributed by atoms with E-state index < -0.39 is 0 Å². The van der Waals surface area contributed by atoms with E-state index in [2.05, 4.69) is 15.2 Å². The van der Waals surface area contributed by atoms with Crippen LogP contribution < -0.4 is 0 Å². The minimum Gasteiger partial charge on any atom is -0.445 e. The largest absolute Gasteiger partial charge is 0.445 e. The van der Waals surface area contributed by atoms with Crippen LogP contribution in [0.25, 0.3) is 0 Å². The number of benzene rings is 1. The molecule has 2 aromatic heterocycles. The average Bonchev–Trinajstić information content (AvgIpc) is 3.18. The third-order valence-electron chi connectivity index (χ3n) is 4.71. The Balaban J connectivity index is 1.43. The number of halogens is 1. The number of rotatable bonds is 4. The van der Waals surface area contributed by atoms with E-state index in [-0.39, 0.29) is 17.6 Å². The summed E-state index contributed by atoms with van der Waals surface area (Å²) in [4.78, 5) is 18.8. The Morgan fingerprint density at radius 2 is 2.11 bits per heavy atom. The SMILES string of the molecule is O=C(c1cccnn1)N1CCC[C@H](c2ncc(Cc3ccc(F)cc3)o2)C1. The summed E-state index contributed by atoms with van der Waals surface area (Å²) in [5.74, 6) is 1.05. The number of hydrogen-bond donors (Lipinski definition) is 0. The van der Waals surface area contributed by atoms with Crippen molar-refractivity contribution < 1.29 is 13.6 Å². The lowest BCUT2D eigenvalue weighted by atomic mass is 9.97. The minimum atomic E-state index is -0.257. The number of piperidine rings is 1. The van der Waals surface area contributed by atoms with Crippen LogP contribution in [0.3, 0.4) is 0 Å². The summed E-state index contributed by atoms with van der Waals surface area (Å²) >= 11 is 0. The lowest BCUT2D eigenvalue weighted by molar-refractivity contribution is 0.0690. The van der Waals surface area contributed by atoms with Gasteiger partial charge in [-0.3, -0.25) is 4.79 Å². The molecule has 0 unspecified atom stereocenters. The summed E-state index contributed by atoms with van der Waals surface area (Å²) in [6, 6.07) is 9.72. The molecular formula is C20H19FN4O2. The van der Waals surface area contributed by atoms with Gasteiger partial charge in [-0.05, 0) is 42.7 Å². The van der Waals surface area contributed by atoms with Gasteiger partial charge in [-0.15, -0.1) is 5.10 Å². The number of oxazole rings is 1. The molecule has 1 atom stereocenters. The van der Waals surface area contributed by atoms with E-state index >= 15 is 0 Å². The number of amides is 1. The van der Waals surface area contributed by atoms with Crippen LogP contribution in [0.2, 0.25) is 0 Å². The first-order valence-corrected chi connectivity index (χ1v) is 8.95. The Hall–Kier alpha value is -3.09. The first-order valence-electron chi connectivity index (χ1n) is 8.95. The van der Waals surface area contributed by atoms with Crippen LogP contribution in [-0.2, 0) is 6.42 Å². The molecule has 0 aliphatic carbocycles. The van der Waals surface area contributed by atoms with Gasteiger partial charge in [0.25, 0.3) is 5.91 Å². The molecule has 4 rings (SSSR count). The number of nitrogens with zero attached hydrogens (tertiary/aromatic N) is 4. The summed E-state index contributed by atoms with van der Waals surface area (Å²) in [6.07, 6.45) is 5.61. The second-order valence-electron chi connectivity index (χ2n) is 6.67. The molecular weight excluding hydrogens is 347 g/mol. The highest BCUT2D eigenvalue weighted by atomic mass is 19.1. The number of aromatic nitrogens is 3. The van der Waals surface area contributed by atoms with E-state index in [4.69, 9.17) is 4.42 Å². The zero-order chi connectivity index (χ0) is 18.6. The predicted octanol–water partition coefficient (Wildman–Crippen LogP) is 3.21. The molecule has 138 valence electrons. The summed E-state index contributed by atoms with van der Waals surface area (Å²) in [7, 11) is 0. The van der Waals surface area contributed by atoms with Crippen LogP contribution in [-0.4, -0.2) is 39.1 Å². The minimum absolute atomic E-state index is 0.0568. The van der Waals surface area contributed by atoms with Crippen LogP contribution >= 0.6 is 0 Å². The maximum atomic E-state index is 13.0. The lowest BCUT2D eigenvalue weighted by Crippen LogP contribution is -2.39. The van der Waals surface area contributed by atoms with Gasteiger partial charge in [-0.2, -0.15) is 5.10 Å². The molecule has 1 saturated heterocycles. The zero-order valence-corrected chi connectivity index (χ0v) is 14.7. The highest BCUT2D eigenvalue weighted by Gasteiger charge is 2.29. The van der Waals surface area contributed by atoms with Crippen molar-refractivity contribution in [2.75, 3.05) is 13.1 Å². The second-order valence-corrected chi connectivity index (χ2v) is 6.67. The number of carbonyl (C=O) groups is 1. The summed E-state index contributed by atoms with van der Waals surface area (Å²) in [5, 5.41) is 7.68. The number of carbonyl (C=O) groups excluding carboxylic acids is 1. The van der Waals surface area contributed by atoms with Crippen molar-refractivity contribution in [3.05, 3.63) is 77.5 Å². The molecule has 3 heterocycles. The molecule has 7 heteroatoms. The topological polar surface area (TPSA) is 72.1 Å². The van der Waals surface area contributed by atoms with Gasteiger partial charge in [0.2, 0.25) is 0 Å². The van der Waals surface area contributed by atoms with Gasteiger partial charge in [0.05, 0.1) is 12.1 Å². The molecule has 1 aromatic carbocycles. The Kier molecular flexibility index (Phi) is 4.91. The van der Waals surface area contributed by atoms with Gasteiger partial charge in [-0.1, -0.05) is 12.1 Å². The number of likely N-dealkylation sites (tertiary alicyclic amines) is 1. The summed E-state index contributed by atoms with van der Waals surface area (Å²) in [5.41, 5.74) is 1.31. The first-order chi connectivity index (χ1) is 13.2. The van der Waals surface area contributed by atoms with Gasteiger partial charge in [0.15, 0.2) is 11.6 Å². The molecule has 6 nitrogen and oxygen atoms in total. The van der Waals surface area contributed by atoms with E-state index in [0.29, 0.717) is 31.1 Å². The monoisotopic (exact) mass is 366 g/mol. The average molecular weight is 366 g/mol. The van der Waals surface area contributed by atoms with Crippen molar-refractivity contribution in [3.8, 4) is 0 Å². The second kappa shape index (κ2) is 7.65. The molecule has 3 aromatic rings. The highest BCUT2D eigenvalue weighted by molar-refractivity contribution is 5.92. The molecule has 0 saturated carbocycles. The van der Waals surface area contributed by atoms with Crippen LogP contribution in [0.5, 0.6) is 0 Å². The van der Waals surface area contributed by atoms with Crippen molar-refractivity contribution in [3.63, 3.8) is 0 Å². The maximum Gasteiger partial charge on any atom is 0.274 e. The molecule has 1 aliphatic rings. The van der Waals surface area contributed by atoms with Gasteiger partial charge in [0.1, 0.15) is 11.6 Å². The van der Waals surface area contributed by atoms with Crippen LogP contribution in [0.1, 0.15) is 46.5 Å². The normalized spacial score (nSPS) is 17.1. The maximum absolute atomic E-state index is 13.0. The molecule has 0 radical (unpaired) electrons. The van der Waals surface area contributed by atoms with Crippen molar-refractivity contribution in [1.29, 1.82) is 0 Å². The quantitative estimate of drug-likeness (QED) is 0.709. The molecule has 1 amide bonds. The fourth-order valence-corrected chi connectivity index (χ4v) is 3.34. The van der Waals surface area contributed by atoms with Gasteiger partial charge in [0, 0.05) is 25.7 Å². The standard InChI is InChI=1S/C20H19FN4O2/c21-16-7-5-14(6-8-16)11-17-12-22-19(27-17)15-3-2-10-25(13-15)20(26)18-4-1-9-23-24-18/h1,4-9,12,15H,2-3,10-11,13H2/t15-/m0/s1. The Labute approximate surface area is 156 Å². The molecule has 1 aliphatic heterocycles. The molecule has 0 spiro atoms. The van der Waals surface area contributed by atoms with E-state index in [1.165, 1.54) is 12.1 Å². The highest BCUT2D eigenvalue weighted by Crippen LogP contribution is 2.28. The van der Waals surface area contributed by atoms with Crippen LogP contribution in [0, 0.1) is 5.82 Å². The van der Waals surface area contributed by atoms with Gasteiger partial charge < -0.3 is 9.32 Å². The lowest BCUT2D eigenvalue weighted by Gasteiger charge is -2.30. The van der Waals surface area contributed by atoms with Crippen molar-refractivity contribution in [2.45, 2.75) is 25.2 Å².